The van der Waals surface area contributed by atoms with Crippen LogP contribution in [0.4, 0.5) is 0 Å². The molecule has 0 aliphatic carbocycles. The third-order valence-electron chi connectivity index (χ3n) is 10.6. The molecule has 0 aromatic rings. The zero-order chi connectivity index (χ0) is 52.7. The molecule has 3 unspecified atom stereocenters. The van der Waals surface area contributed by atoms with Crippen molar-refractivity contribution in [3.63, 3.8) is 0 Å². The first kappa shape index (κ1) is 67.6. The largest absolute Gasteiger partial charge is 0.472 e. The monoisotopic (exact) mass is 1020 g/mol. The van der Waals surface area contributed by atoms with Gasteiger partial charge in [0.1, 0.15) is 12.7 Å². The Labute approximate surface area is 436 Å². The summed E-state index contributed by atoms with van der Waals surface area (Å²) in [6.45, 7) is 4.13. The minimum atomic E-state index is -4.79. The van der Waals surface area contributed by atoms with Gasteiger partial charge in [0.2, 0.25) is 0 Å². The van der Waals surface area contributed by atoms with Gasteiger partial charge in [0.05, 0.1) is 19.8 Å². The van der Waals surface area contributed by atoms with Crippen LogP contribution in [0, 0.1) is 0 Å². The summed E-state index contributed by atoms with van der Waals surface area (Å²) in [6.07, 6.45) is 65.8. The fourth-order valence-electron chi connectivity index (χ4n) is 6.55. The molecule has 406 valence electrons. The van der Waals surface area contributed by atoms with Crippen LogP contribution in [0.5, 0.6) is 0 Å². The van der Waals surface area contributed by atoms with E-state index in [2.05, 4.69) is 136 Å². The van der Waals surface area contributed by atoms with Crippen molar-refractivity contribution >= 4 is 25.7 Å². The summed E-state index contributed by atoms with van der Waals surface area (Å²) in [5, 5.41) is 9.77. The Morgan fingerprint density at radius 1 is 0.389 bits per heavy atom. The van der Waals surface area contributed by atoms with E-state index in [1.807, 2.05) is 18.2 Å². The summed E-state index contributed by atoms with van der Waals surface area (Å²) in [5.41, 5.74) is 0. The number of carbonyl (C=O) groups excluding carboxylic acids is 3. The van der Waals surface area contributed by atoms with Crippen LogP contribution in [0.1, 0.15) is 188 Å². The summed E-state index contributed by atoms with van der Waals surface area (Å²) in [6, 6.07) is 0. The maximum absolute atomic E-state index is 12.9. The lowest BCUT2D eigenvalue weighted by Gasteiger charge is -2.21. The lowest BCUT2D eigenvalue weighted by Crippen LogP contribution is -2.30. The minimum Gasteiger partial charge on any atom is -0.462 e. The zero-order valence-corrected chi connectivity index (χ0v) is 45.5. The van der Waals surface area contributed by atoms with Gasteiger partial charge in [-0.3, -0.25) is 23.4 Å². The van der Waals surface area contributed by atoms with Crippen LogP contribution >= 0.6 is 7.82 Å². The standard InChI is InChI=1S/C60H95O11P/c1-4-7-10-13-16-19-22-25-27-28-30-32-34-37-40-43-46-49-58(62)67-53-57(71-60(64)51-48-45-42-39-36-33-29-26-23-20-17-14-11-8-5-2)55-69-72(65,66)68-54-56(52-61)70-59(63)50-47-44-41-38-35-31-24-21-18-15-12-9-6-3/h7-12,16-21,25-27,29,31,35-36,39,41,44,56-57,61H,4-6,13-15,22-24,28,30,32-34,37-38,40,42-43,45-55H2,1-3H3,(H,65,66)/b10-7-,11-8-,12-9-,19-16-,20-17-,21-18-,27-25-,29-26-,35-31-,39-36-,44-41-. The number of aliphatic hydroxyl groups is 1. The first-order chi connectivity index (χ1) is 35.2. The van der Waals surface area contributed by atoms with Crippen LogP contribution in [-0.2, 0) is 42.2 Å². The molecule has 0 fully saturated rings. The van der Waals surface area contributed by atoms with E-state index in [1.165, 1.54) is 6.42 Å². The Balaban J connectivity index is 4.89. The molecule has 0 bridgehead atoms. The highest BCUT2D eigenvalue weighted by molar-refractivity contribution is 7.47. The molecular weight excluding hydrogens is 928 g/mol. The SMILES string of the molecule is CC/C=C\C/C=C\C/C=C\C/C=C\CCCCC(=O)OC(COC(=O)CCCCCCCCC/C=C\C/C=C\C/C=C\CC)COP(=O)(O)OCC(CO)OC(=O)CC/C=C\C/C=C\C/C=C\C/C=C\CC. The molecule has 3 atom stereocenters. The number of unbranched alkanes of at least 4 members (excludes halogenated alkanes) is 9. The van der Waals surface area contributed by atoms with E-state index < -0.39 is 57.8 Å². The summed E-state index contributed by atoms with van der Waals surface area (Å²) in [5.74, 6) is -1.63. The molecule has 0 rings (SSSR count). The van der Waals surface area contributed by atoms with Gasteiger partial charge in [0.25, 0.3) is 0 Å². The van der Waals surface area contributed by atoms with Gasteiger partial charge in [0, 0.05) is 19.3 Å². The highest BCUT2D eigenvalue weighted by Crippen LogP contribution is 2.43. The predicted octanol–water partition coefficient (Wildman–Crippen LogP) is 15.8. The molecule has 0 aliphatic heterocycles. The van der Waals surface area contributed by atoms with E-state index in [0.29, 0.717) is 19.3 Å². The van der Waals surface area contributed by atoms with E-state index in [4.69, 9.17) is 23.3 Å². The van der Waals surface area contributed by atoms with Gasteiger partial charge in [-0.05, 0) is 116 Å². The van der Waals surface area contributed by atoms with Gasteiger partial charge in [-0.25, -0.2) is 4.57 Å². The van der Waals surface area contributed by atoms with Gasteiger partial charge in [-0.2, -0.15) is 0 Å². The molecule has 11 nitrogen and oxygen atoms in total. The fraction of sp³-hybridized carbons (Fsp3) is 0.583. The van der Waals surface area contributed by atoms with Crippen molar-refractivity contribution in [2.75, 3.05) is 26.4 Å². The molecule has 0 radical (unpaired) electrons. The van der Waals surface area contributed by atoms with Crippen molar-refractivity contribution in [3.8, 4) is 0 Å². The average molecular weight is 1020 g/mol. The number of hydrogen-bond donors (Lipinski definition) is 2. The normalized spacial score (nSPS) is 14.5. The molecule has 0 heterocycles. The third kappa shape index (κ3) is 50.6. The number of rotatable bonds is 48. The Morgan fingerprint density at radius 3 is 1.15 bits per heavy atom. The summed E-state index contributed by atoms with van der Waals surface area (Å²) >= 11 is 0. The maximum atomic E-state index is 12.9. The molecule has 72 heavy (non-hydrogen) atoms. The Bertz CT molecular complexity index is 1710. The fourth-order valence-corrected chi connectivity index (χ4v) is 7.33. The van der Waals surface area contributed by atoms with Crippen molar-refractivity contribution in [3.05, 3.63) is 134 Å². The number of allylic oxidation sites excluding steroid dienone is 22. The molecule has 0 aromatic carbocycles. The number of phosphoric ester groups is 1. The Morgan fingerprint density at radius 2 is 0.708 bits per heavy atom. The maximum Gasteiger partial charge on any atom is 0.472 e. The zero-order valence-electron chi connectivity index (χ0n) is 44.6. The molecular formula is C60H95O11P. The van der Waals surface area contributed by atoms with Gasteiger partial charge >= 0.3 is 25.7 Å². The minimum absolute atomic E-state index is 0.0449. The molecule has 0 aliphatic rings. The van der Waals surface area contributed by atoms with E-state index in [9.17, 15) is 28.9 Å². The second-order valence-corrected chi connectivity index (χ2v) is 18.7. The molecule has 12 heteroatoms. The Kier molecular flexibility index (Phi) is 49.7. The van der Waals surface area contributed by atoms with Crippen LogP contribution in [0.2, 0.25) is 0 Å². The molecule has 0 aromatic heterocycles. The van der Waals surface area contributed by atoms with Crippen LogP contribution in [-0.4, -0.2) is 66.5 Å². The van der Waals surface area contributed by atoms with E-state index in [-0.39, 0.29) is 25.9 Å². The number of carbonyl (C=O) groups is 3. The summed E-state index contributed by atoms with van der Waals surface area (Å²) < 4.78 is 39.3. The molecule has 2 N–H and O–H groups in total. The number of aliphatic hydroxyl groups excluding tert-OH is 1. The number of hydrogen-bond acceptors (Lipinski definition) is 10. The number of esters is 3. The predicted molar refractivity (Wildman–Crippen MR) is 297 cm³/mol. The second kappa shape index (κ2) is 52.9. The van der Waals surface area contributed by atoms with E-state index in [1.54, 1.807) is 0 Å². The van der Waals surface area contributed by atoms with Crippen LogP contribution in [0.25, 0.3) is 0 Å². The molecule has 0 saturated carbocycles. The van der Waals surface area contributed by atoms with Gasteiger partial charge in [-0.1, -0.05) is 187 Å². The molecule has 0 amide bonds. The molecule has 0 spiro atoms. The van der Waals surface area contributed by atoms with Crippen LogP contribution in [0.15, 0.2) is 134 Å². The smallest absolute Gasteiger partial charge is 0.462 e. The highest BCUT2D eigenvalue weighted by atomic mass is 31.2. The second-order valence-electron chi connectivity index (χ2n) is 17.2. The average Bonchev–Trinajstić information content (AvgIpc) is 3.37. The summed E-state index contributed by atoms with van der Waals surface area (Å²) in [4.78, 5) is 48.4. The van der Waals surface area contributed by atoms with Gasteiger partial charge in [-0.15, -0.1) is 0 Å². The van der Waals surface area contributed by atoms with Gasteiger partial charge < -0.3 is 24.2 Å². The van der Waals surface area contributed by atoms with Crippen molar-refractivity contribution < 1.29 is 52.2 Å². The number of ether oxygens (including phenoxy) is 3. The highest BCUT2D eigenvalue weighted by Gasteiger charge is 2.28. The third-order valence-corrected chi connectivity index (χ3v) is 11.5. The van der Waals surface area contributed by atoms with E-state index in [0.717, 1.165) is 122 Å². The first-order valence-electron chi connectivity index (χ1n) is 27.1. The Hall–Kier alpha value is -4.38. The van der Waals surface area contributed by atoms with Gasteiger partial charge in [0.15, 0.2) is 6.10 Å². The topological polar surface area (TPSA) is 155 Å². The number of phosphoric acid groups is 1. The van der Waals surface area contributed by atoms with Crippen molar-refractivity contribution in [2.45, 2.75) is 200 Å². The van der Waals surface area contributed by atoms with Crippen molar-refractivity contribution in [1.82, 2.24) is 0 Å². The lowest BCUT2D eigenvalue weighted by atomic mass is 10.1. The van der Waals surface area contributed by atoms with E-state index >= 15 is 0 Å². The summed E-state index contributed by atoms with van der Waals surface area (Å²) in [7, 11) is -4.79. The van der Waals surface area contributed by atoms with Crippen molar-refractivity contribution in [1.29, 1.82) is 0 Å². The first-order valence-corrected chi connectivity index (χ1v) is 28.6. The quantitative estimate of drug-likeness (QED) is 0.0197. The molecule has 0 saturated heterocycles. The lowest BCUT2D eigenvalue weighted by molar-refractivity contribution is -0.161. The van der Waals surface area contributed by atoms with Crippen LogP contribution in [0.3, 0.4) is 0 Å². The van der Waals surface area contributed by atoms with Crippen molar-refractivity contribution in [2.24, 2.45) is 0 Å². The van der Waals surface area contributed by atoms with Crippen LogP contribution < -0.4 is 0 Å².